The Balaban J connectivity index is 1.67. The predicted octanol–water partition coefficient (Wildman–Crippen LogP) is 2.72. The van der Waals surface area contributed by atoms with Crippen molar-refractivity contribution < 1.29 is 0 Å². The number of rotatable bonds is 5. The highest BCUT2D eigenvalue weighted by Gasteiger charge is 2.41. The Kier molecular flexibility index (Phi) is 5.25. The number of nitriles is 1. The van der Waals surface area contributed by atoms with E-state index in [2.05, 4.69) is 63.5 Å². The second-order valence-electron chi connectivity index (χ2n) is 8.72. The van der Waals surface area contributed by atoms with Crippen LogP contribution in [0.2, 0.25) is 0 Å². The maximum absolute atomic E-state index is 9.32. The number of likely N-dealkylation sites (N-methyl/N-ethyl adjacent to an activating group) is 1. The van der Waals surface area contributed by atoms with E-state index < -0.39 is 6.17 Å². The smallest absolute Gasteiger partial charge is 0.158 e. The summed E-state index contributed by atoms with van der Waals surface area (Å²) >= 11 is 0. The molecular weight excluding hydrogens is 388 g/mol. The summed E-state index contributed by atoms with van der Waals surface area (Å²) in [5.74, 6) is 1.52. The average molecular weight is 417 g/mol. The Morgan fingerprint density at radius 1 is 1.23 bits per heavy atom. The molecule has 1 saturated heterocycles. The summed E-state index contributed by atoms with van der Waals surface area (Å²) in [7, 11) is 4.22. The van der Waals surface area contributed by atoms with Gasteiger partial charge in [-0.1, -0.05) is 12.1 Å². The first-order valence-corrected chi connectivity index (χ1v) is 10.3. The average Bonchev–Trinajstić information content (AvgIpc) is 2.73. The van der Waals surface area contributed by atoms with Crippen LogP contribution in [0.1, 0.15) is 35.5 Å². The van der Waals surface area contributed by atoms with Crippen LogP contribution in [0, 0.1) is 25.2 Å². The number of aromatic nitrogens is 3. The maximum Gasteiger partial charge on any atom is 0.158 e. The first-order valence-electron chi connectivity index (χ1n) is 10.3. The Bertz CT molecular complexity index is 1170. The van der Waals surface area contributed by atoms with E-state index in [1.54, 1.807) is 6.07 Å². The van der Waals surface area contributed by atoms with E-state index >= 15 is 0 Å². The molecule has 2 aromatic heterocycles. The quantitative estimate of drug-likeness (QED) is 0.612. The van der Waals surface area contributed by atoms with Crippen molar-refractivity contribution in [3.63, 3.8) is 0 Å². The molecule has 160 valence electrons. The van der Waals surface area contributed by atoms with E-state index in [-0.39, 0.29) is 5.54 Å². The zero-order chi connectivity index (χ0) is 22.3. The molecule has 0 unspecified atom stereocenters. The summed E-state index contributed by atoms with van der Waals surface area (Å²) in [5.41, 5.74) is 9.76. The molecule has 1 aliphatic heterocycles. The molecule has 0 spiro atoms. The van der Waals surface area contributed by atoms with Gasteiger partial charge in [0.1, 0.15) is 12.0 Å². The lowest BCUT2D eigenvalue weighted by Gasteiger charge is -2.52. The van der Waals surface area contributed by atoms with Gasteiger partial charge in [-0.2, -0.15) is 10.4 Å². The molecule has 1 aromatic carbocycles. The van der Waals surface area contributed by atoms with E-state index in [9.17, 15) is 5.26 Å². The van der Waals surface area contributed by atoms with E-state index in [4.69, 9.17) is 5.73 Å². The number of aryl methyl sites for hydroxylation is 1. The van der Waals surface area contributed by atoms with Gasteiger partial charge < -0.3 is 20.9 Å². The van der Waals surface area contributed by atoms with Gasteiger partial charge >= 0.3 is 0 Å². The third kappa shape index (κ3) is 3.67. The second kappa shape index (κ2) is 7.76. The minimum atomic E-state index is -0.522. The van der Waals surface area contributed by atoms with Crippen molar-refractivity contribution in [3.05, 3.63) is 52.8 Å². The standard InChI is InChI=1S/C23H28N8/c1-14-16(10-24)7-6-8-17(14)21(25)27-22-18-9-20(26-11-19(18)15(2)28-29-22)31-12-23(3,13-31)30(4)5/h6-9,11,21H,12-13,25H2,1-5H3,(H,27,29)/t21-/m0/s1. The zero-order valence-corrected chi connectivity index (χ0v) is 18.6. The Labute approximate surface area is 182 Å². The summed E-state index contributed by atoms with van der Waals surface area (Å²) in [6.07, 6.45) is 1.34. The molecule has 1 fully saturated rings. The molecule has 31 heavy (non-hydrogen) atoms. The number of pyridine rings is 1. The van der Waals surface area contributed by atoms with Crippen LogP contribution >= 0.6 is 0 Å². The third-order valence-electron chi connectivity index (χ3n) is 6.42. The highest BCUT2D eigenvalue weighted by atomic mass is 15.3. The van der Waals surface area contributed by atoms with Gasteiger partial charge in [0.15, 0.2) is 5.82 Å². The Hall–Kier alpha value is -3.28. The fourth-order valence-electron chi connectivity index (χ4n) is 4.00. The lowest BCUT2D eigenvalue weighted by Crippen LogP contribution is -2.67. The molecule has 0 bridgehead atoms. The van der Waals surface area contributed by atoms with Crippen LogP contribution in [-0.4, -0.2) is 52.8 Å². The highest BCUT2D eigenvalue weighted by molar-refractivity contribution is 5.94. The number of nitrogens with zero attached hydrogens (tertiary/aromatic N) is 6. The summed E-state index contributed by atoms with van der Waals surface area (Å²) < 4.78 is 0. The van der Waals surface area contributed by atoms with Crippen molar-refractivity contribution in [2.75, 3.05) is 37.4 Å². The molecule has 0 radical (unpaired) electrons. The van der Waals surface area contributed by atoms with Gasteiger partial charge in [-0.05, 0) is 58.1 Å². The van der Waals surface area contributed by atoms with Gasteiger partial charge in [-0.25, -0.2) is 4.98 Å². The molecule has 4 rings (SSSR count). The second-order valence-corrected chi connectivity index (χ2v) is 8.72. The number of anilines is 2. The molecule has 8 nitrogen and oxygen atoms in total. The van der Waals surface area contributed by atoms with E-state index in [0.717, 1.165) is 46.5 Å². The molecule has 1 atom stereocenters. The molecule has 3 heterocycles. The molecule has 3 aromatic rings. The van der Waals surface area contributed by atoms with Gasteiger partial charge in [0, 0.05) is 30.1 Å². The van der Waals surface area contributed by atoms with Crippen molar-refractivity contribution in [2.45, 2.75) is 32.5 Å². The lowest BCUT2D eigenvalue weighted by atomic mass is 9.91. The first kappa shape index (κ1) is 21.0. The van der Waals surface area contributed by atoms with Crippen LogP contribution in [0.3, 0.4) is 0 Å². The van der Waals surface area contributed by atoms with Gasteiger partial charge in [0.05, 0.1) is 22.9 Å². The molecule has 0 saturated carbocycles. The molecule has 8 heteroatoms. The van der Waals surface area contributed by atoms with Crippen LogP contribution in [0.5, 0.6) is 0 Å². The molecule has 1 aliphatic rings. The minimum Gasteiger partial charge on any atom is -0.353 e. The number of nitrogens with one attached hydrogen (secondary N) is 1. The van der Waals surface area contributed by atoms with Crippen LogP contribution in [0.25, 0.3) is 10.8 Å². The van der Waals surface area contributed by atoms with Gasteiger partial charge in [-0.3, -0.25) is 0 Å². The maximum atomic E-state index is 9.32. The SMILES string of the molecule is Cc1c(C#N)cccc1[C@@H](N)Nc1nnc(C)c2cnc(N3CC(C)(N(C)C)C3)cc12. The molecule has 3 N–H and O–H groups in total. The minimum absolute atomic E-state index is 0.149. The van der Waals surface area contributed by atoms with Crippen molar-refractivity contribution >= 4 is 22.4 Å². The van der Waals surface area contributed by atoms with Crippen LogP contribution in [0.4, 0.5) is 11.6 Å². The first-order chi connectivity index (χ1) is 14.7. The number of hydrogen-bond acceptors (Lipinski definition) is 8. The van der Waals surface area contributed by atoms with Crippen molar-refractivity contribution in [1.29, 1.82) is 5.26 Å². The monoisotopic (exact) mass is 416 g/mol. The van der Waals surface area contributed by atoms with Crippen LogP contribution < -0.4 is 16.0 Å². The van der Waals surface area contributed by atoms with Crippen molar-refractivity contribution in [3.8, 4) is 6.07 Å². The van der Waals surface area contributed by atoms with Crippen LogP contribution in [-0.2, 0) is 0 Å². The third-order valence-corrected chi connectivity index (χ3v) is 6.42. The van der Waals surface area contributed by atoms with E-state index in [1.807, 2.05) is 32.2 Å². The fraction of sp³-hybridized carbons (Fsp3) is 0.391. The highest BCUT2D eigenvalue weighted by Crippen LogP contribution is 2.33. The Morgan fingerprint density at radius 2 is 1.97 bits per heavy atom. The number of hydrogen-bond donors (Lipinski definition) is 2. The predicted molar refractivity (Wildman–Crippen MR) is 123 cm³/mol. The summed E-state index contributed by atoms with van der Waals surface area (Å²) in [6.45, 7) is 7.91. The number of benzene rings is 1. The van der Waals surface area contributed by atoms with Crippen molar-refractivity contribution in [2.24, 2.45) is 5.73 Å². The normalized spacial score (nSPS) is 16.1. The largest absolute Gasteiger partial charge is 0.353 e. The van der Waals surface area contributed by atoms with Gasteiger partial charge in [-0.15, -0.1) is 5.10 Å². The summed E-state index contributed by atoms with van der Waals surface area (Å²) in [5, 5.41) is 23.2. The molecule has 0 aliphatic carbocycles. The topological polar surface area (TPSA) is 107 Å². The number of fused-ring (bicyclic) bond motifs is 1. The molecule has 0 amide bonds. The summed E-state index contributed by atoms with van der Waals surface area (Å²) in [6, 6.07) is 9.82. The molecular formula is C23H28N8. The Morgan fingerprint density at radius 3 is 2.65 bits per heavy atom. The van der Waals surface area contributed by atoms with Crippen LogP contribution in [0.15, 0.2) is 30.5 Å². The zero-order valence-electron chi connectivity index (χ0n) is 18.6. The van der Waals surface area contributed by atoms with E-state index in [1.165, 1.54) is 0 Å². The van der Waals surface area contributed by atoms with E-state index in [0.29, 0.717) is 11.4 Å². The summed E-state index contributed by atoms with van der Waals surface area (Å²) in [4.78, 5) is 9.19. The van der Waals surface area contributed by atoms with Crippen molar-refractivity contribution in [1.82, 2.24) is 20.1 Å². The fourth-order valence-corrected chi connectivity index (χ4v) is 4.00. The van der Waals surface area contributed by atoms with Gasteiger partial charge in [0.2, 0.25) is 0 Å². The van der Waals surface area contributed by atoms with Gasteiger partial charge in [0.25, 0.3) is 0 Å². The lowest BCUT2D eigenvalue weighted by molar-refractivity contribution is 0.132. The number of nitrogens with two attached hydrogens (primary N) is 1.